The Morgan fingerprint density at radius 3 is 2.29 bits per heavy atom. The monoisotopic (exact) mass is 278 g/mol. The maximum absolute atomic E-state index is 7.86. The average Bonchev–Trinajstić information content (AvgIpc) is 2.91. The van der Waals surface area contributed by atoms with Crippen LogP contribution in [0.1, 0.15) is 11.4 Å². The third kappa shape index (κ3) is 2.12. The molecule has 6 nitrogen and oxygen atoms in total. The SMILES string of the molecule is N=C(N)c1nc2c(C(=N)N)c(-c3ccccc3)ccc2[nH]1. The van der Waals surface area contributed by atoms with E-state index in [0.717, 1.165) is 11.1 Å². The zero-order chi connectivity index (χ0) is 15.0. The van der Waals surface area contributed by atoms with Gasteiger partial charge in [0, 0.05) is 0 Å². The number of amidine groups is 2. The molecule has 0 saturated heterocycles. The highest BCUT2D eigenvalue weighted by atomic mass is 15.0. The Bertz CT molecular complexity index is 847. The van der Waals surface area contributed by atoms with E-state index in [1.54, 1.807) is 0 Å². The van der Waals surface area contributed by atoms with Crippen molar-refractivity contribution in [1.82, 2.24) is 9.97 Å². The molecule has 0 aliphatic heterocycles. The smallest absolute Gasteiger partial charge is 0.173 e. The zero-order valence-electron chi connectivity index (χ0n) is 11.1. The number of rotatable bonds is 3. The van der Waals surface area contributed by atoms with Gasteiger partial charge in [-0.2, -0.15) is 0 Å². The van der Waals surface area contributed by atoms with Crippen LogP contribution in [-0.2, 0) is 0 Å². The fourth-order valence-corrected chi connectivity index (χ4v) is 2.33. The molecule has 1 heterocycles. The second kappa shape index (κ2) is 4.75. The number of nitrogens with one attached hydrogen (secondary N) is 3. The number of hydrogen-bond acceptors (Lipinski definition) is 3. The van der Waals surface area contributed by atoms with Gasteiger partial charge in [0.15, 0.2) is 11.7 Å². The van der Waals surface area contributed by atoms with Crippen molar-refractivity contribution in [3.63, 3.8) is 0 Å². The largest absolute Gasteiger partial charge is 0.384 e. The number of benzene rings is 2. The molecule has 104 valence electrons. The minimum absolute atomic E-state index is 0.0685. The summed E-state index contributed by atoms with van der Waals surface area (Å²) >= 11 is 0. The molecule has 2 aromatic carbocycles. The Morgan fingerprint density at radius 1 is 0.952 bits per heavy atom. The van der Waals surface area contributed by atoms with Gasteiger partial charge in [-0.3, -0.25) is 10.8 Å². The third-order valence-electron chi connectivity index (χ3n) is 3.26. The molecule has 0 spiro atoms. The van der Waals surface area contributed by atoms with E-state index in [9.17, 15) is 0 Å². The minimum Gasteiger partial charge on any atom is -0.384 e. The van der Waals surface area contributed by atoms with Gasteiger partial charge >= 0.3 is 0 Å². The summed E-state index contributed by atoms with van der Waals surface area (Å²) in [6, 6.07) is 13.4. The Kier molecular flexibility index (Phi) is 2.91. The number of H-pyrrole nitrogens is 1. The molecule has 1 aromatic heterocycles. The molecular weight excluding hydrogens is 264 g/mol. The normalized spacial score (nSPS) is 10.7. The van der Waals surface area contributed by atoms with Crippen molar-refractivity contribution in [3.05, 3.63) is 53.9 Å². The summed E-state index contributed by atoms with van der Waals surface area (Å²) in [4.78, 5) is 7.25. The van der Waals surface area contributed by atoms with Crippen LogP contribution in [0.25, 0.3) is 22.2 Å². The summed E-state index contributed by atoms with van der Waals surface area (Å²) in [5.41, 5.74) is 14.8. The van der Waals surface area contributed by atoms with Crippen molar-refractivity contribution in [3.8, 4) is 11.1 Å². The third-order valence-corrected chi connectivity index (χ3v) is 3.26. The zero-order valence-corrected chi connectivity index (χ0v) is 11.1. The Labute approximate surface area is 120 Å². The van der Waals surface area contributed by atoms with E-state index in [1.807, 2.05) is 42.5 Å². The van der Waals surface area contributed by atoms with Crippen molar-refractivity contribution in [1.29, 1.82) is 10.8 Å². The van der Waals surface area contributed by atoms with E-state index in [4.69, 9.17) is 22.3 Å². The lowest BCUT2D eigenvalue weighted by molar-refractivity contribution is 1.24. The number of nitrogens with two attached hydrogens (primary N) is 2. The Hall–Kier alpha value is -3.15. The fraction of sp³-hybridized carbons (Fsp3) is 0. The van der Waals surface area contributed by atoms with Gasteiger partial charge in [-0.25, -0.2) is 4.98 Å². The van der Waals surface area contributed by atoms with Crippen LogP contribution in [0.2, 0.25) is 0 Å². The standard InChI is InChI=1S/C15H14N6/c16-13(17)11-9(8-4-2-1-3-5-8)6-7-10-12(11)21-15(20-10)14(18)19/h1-7H,(H3,16,17)(H3,18,19)(H,20,21). The average molecular weight is 278 g/mol. The molecule has 0 radical (unpaired) electrons. The predicted molar refractivity (Wildman–Crippen MR) is 83.6 cm³/mol. The lowest BCUT2D eigenvalue weighted by atomic mass is 9.98. The first-order valence-corrected chi connectivity index (χ1v) is 6.35. The molecule has 7 N–H and O–H groups in total. The van der Waals surface area contributed by atoms with Gasteiger partial charge in [-0.15, -0.1) is 0 Å². The van der Waals surface area contributed by atoms with Gasteiger partial charge < -0.3 is 16.5 Å². The quantitative estimate of drug-likeness (QED) is 0.370. The van der Waals surface area contributed by atoms with Crippen molar-refractivity contribution in [2.75, 3.05) is 0 Å². The molecule has 0 aliphatic carbocycles. The number of fused-ring (bicyclic) bond motifs is 1. The highest BCUT2D eigenvalue weighted by molar-refractivity contribution is 6.12. The van der Waals surface area contributed by atoms with Gasteiger partial charge in [0.2, 0.25) is 0 Å². The summed E-state index contributed by atoms with van der Waals surface area (Å²) in [5.74, 6) is 0.0562. The van der Waals surface area contributed by atoms with Crippen LogP contribution in [0, 0.1) is 10.8 Å². The molecule has 0 amide bonds. The molecule has 21 heavy (non-hydrogen) atoms. The van der Waals surface area contributed by atoms with E-state index >= 15 is 0 Å². The topological polar surface area (TPSA) is 128 Å². The van der Waals surface area contributed by atoms with E-state index in [0.29, 0.717) is 16.6 Å². The van der Waals surface area contributed by atoms with E-state index in [1.165, 1.54) is 0 Å². The van der Waals surface area contributed by atoms with Crippen molar-refractivity contribution >= 4 is 22.7 Å². The molecule has 0 aliphatic rings. The number of hydrogen-bond donors (Lipinski definition) is 5. The number of imidazole rings is 1. The number of nitrogen functional groups attached to an aromatic ring is 2. The van der Waals surface area contributed by atoms with Crippen molar-refractivity contribution < 1.29 is 0 Å². The van der Waals surface area contributed by atoms with Crippen molar-refractivity contribution in [2.45, 2.75) is 0 Å². The molecule has 6 heteroatoms. The molecular formula is C15H14N6. The lowest BCUT2D eigenvalue weighted by Crippen LogP contribution is -2.14. The Morgan fingerprint density at radius 2 is 1.67 bits per heavy atom. The first-order chi connectivity index (χ1) is 10.1. The Balaban J connectivity index is 2.34. The predicted octanol–water partition coefficient (Wildman–Crippen LogP) is 1.80. The fourth-order valence-electron chi connectivity index (χ4n) is 2.33. The van der Waals surface area contributed by atoms with Gasteiger partial charge in [0.05, 0.1) is 11.1 Å². The second-order valence-corrected chi connectivity index (χ2v) is 4.66. The van der Waals surface area contributed by atoms with E-state index < -0.39 is 0 Å². The van der Waals surface area contributed by atoms with Crippen LogP contribution in [-0.4, -0.2) is 21.6 Å². The van der Waals surface area contributed by atoms with Gasteiger partial charge in [0.25, 0.3) is 0 Å². The molecule has 0 atom stereocenters. The van der Waals surface area contributed by atoms with E-state index in [-0.39, 0.29) is 17.5 Å². The summed E-state index contributed by atoms with van der Waals surface area (Å²) in [7, 11) is 0. The summed E-state index contributed by atoms with van der Waals surface area (Å²) in [6.45, 7) is 0. The number of aromatic nitrogens is 2. The van der Waals surface area contributed by atoms with Gasteiger partial charge in [0.1, 0.15) is 11.4 Å². The van der Waals surface area contributed by atoms with Crippen LogP contribution in [0.5, 0.6) is 0 Å². The number of nitrogens with zero attached hydrogens (tertiary/aromatic N) is 1. The molecule has 3 aromatic rings. The molecule has 0 fully saturated rings. The maximum atomic E-state index is 7.86. The van der Waals surface area contributed by atoms with Crippen LogP contribution < -0.4 is 11.5 Å². The van der Waals surface area contributed by atoms with Crippen LogP contribution in [0.3, 0.4) is 0 Å². The maximum Gasteiger partial charge on any atom is 0.173 e. The van der Waals surface area contributed by atoms with Crippen LogP contribution in [0.4, 0.5) is 0 Å². The molecule has 0 saturated carbocycles. The van der Waals surface area contributed by atoms with E-state index in [2.05, 4.69) is 9.97 Å². The summed E-state index contributed by atoms with van der Waals surface area (Å²) < 4.78 is 0. The first kappa shape index (κ1) is 12.9. The molecule has 0 unspecified atom stereocenters. The molecule has 3 rings (SSSR count). The highest BCUT2D eigenvalue weighted by Crippen LogP contribution is 2.28. The van der Waals surface area contributed by atoms with Gasteiger partial charge in [-0.1, -0.05) is 36.4 Å². The van der Waals surface area contributed by atoms with Crippen LogP contribution >= 0.6 is 0 Å². The highest BCUT2D eigenvalue weighted by Gasteiger charge is 2.16. The lowest BCUT2D eigenvalue weighted by Gasteiger charge is -2.09. The second-order valence-electron chi connectivity index (χ2n) is 4.66. The number of aromatic amines is 1. The molecule has 0 bridgehead atoms. The summed E-state index contributed by atoms with van der Waals surface area (Å²) in [6.07, 6.45) is 0. The first-order valence-electron chi connectivity index (χ1n) is 6.35. The van der Waals surface area contributed by atoms with Gasteiger partial charge in [-0.05, 0) is 17.2 Å². The van der Waals surface area contributed by atoms with Crippen LogP contribution in [0.15, 0.2) is 42.5 Å². The van der Waals surface area contributed by atoms with Crippen molar-refractivity contribution in [2.24, 2.45) is 11.5 Å². The summed E-state index contributed by atoms with van der Waals surface area (Å²) in [5, 5.41) is 15.3. The minimum atomic E-state index is -0.151.